The molecule has 1 heterocycles. The third-order valence-electron chi connectivity index (χ3n) is 10.1. The zero-order valence-corrected chi connectivity index (χ0v) is 37.8. The summed E-state index contributed by atoms with van der Waals surface area (Å²) in [4.78, 5) is 12.8. The first-order valence-electron chi connectivity index (χ1n) is 23.0. The van der Waals surface area contributed by atoms with Gasteiger partial charge in [-0.25, -0.2) is 4.18 Å². The molecule has 6 unspecified atom stereocenters. The summed E-state index contributed by atoms with van der Waals surface area (Å²) in [6.07, 6.45) is 38.2. The van der Waals surface area contributed by atoms with Gasteiger partial charge >= 0.3 is 16.4 Å². The van der Waals surface area contributed by atoms with Gasteiger partial charge in [-0.15, -0.1) is 0 Å². The van der Waals surface area contributed by atoms with Crippen molar-refractivity contribution in [1.82, 2.24) is 0 Å². The smallest absolute Gasteiger partial charge is 0.397 e. The van der Waals surface area contributed by atoms with Crippen LogP contribution in [0, 0.1) is 0 Å². The van der Waals surface area contributed by atoms with E-state index in [9.17, 15) is 28.5 Å². The molecule has 0 amide bonds. The first-order chi connectivity index (χ1) is 29.1. The molecule has 0 radical (unpaired) electrons. The maximum Gasteiger partial charge on any atom is 0.397 e. The third-order valence-corrected chi connectivity index (χ3v) is 10.6. The SMILES string of the molecule is CC/C=C\C/C=C\C/C=C\CCCCCCCCCCOCC(COC1OC(CO)C(O)C(OS(=O)(=O)O)C1O)OC(=O)CCCCCCC/C=C\C/C=C\CCCCC. The van der Waals surface area contributed by atoms with Crippen LogP contribution in [-0.4, -0.2) is 97.5 Å². The minimum atomic E-state index is -5.07. The van der Waals surface area contributed by atoms with Gasteiger partial charge in [-0.05, 0) is 77.0 Å². The number of allylic oxidation sites excluding steroid dienone is 10. The van der Waals surface area contributed by atoms with E-state index in [0.717, 1.165) is 89.9 Å². The summed E-state index contributed by atoms with van der Waals surface area (Å²) in [7, 11) is -5.07. The highest BCUT2D eigenvalue weighted by molar-refractivity contribution is 7.80. The molecule has 1 fully saturated rings. The first kappa shape index (κ1) is 55.8. The summed E-state index contributed by atoms with van der Waals surface area (Å²) < 4.78 is 59.1. The average molecular weight is 871 g/mol. The molecular weight excluding hydrogens is 789 g/mol. The van der Waals surface area contributed by atoms with Crippen molar-refractivity contribution >= 4 is 16.4 Å². The van der Waals surface area contributed by atoms with Crippen molar-refractivity contribution in [2.75, 3.05) is 26.4 Å². The number of aliphatic hydroxyl groups is 3. The van der Waals surface area contributed by atoms with Crippen LogP contribution in [0.3, 0.4) is 0 Å². The lowest BCUT2D eigenvalue weighted by atomic mass is 9.99. The second-order valence-corrected chi connectivity index (χ2v) is 16.7. The molecule has 0 spiro atoms. The quantitative estimate of drug-likeness (QED) is 0.0199. The van der Waals surface area contributed by atoms with E-state index in [1.54, 1.807) is 0 Å². The Morgan fingerprint density at radius 3 is 1.68 bits per heavy atom. The van der Waals surface area contributed by atoms with Crippen molar-refractivity contribution < 1.29 is 56.2 Å². The fraction of sp³-hybridized carbons (Fsp3) is 0.766. The predicted molar refractivity (Wildman–Crippen MR) is 239 cm³/mol. The summed E-state index contributed by atoms with van der Waals surface area (Å²) in [5.74, 6) is -0.418. The predicted octanol–water partition coefficient (Wildman–Crippen LogP) is 9.74. The zero-order chi connectivity index (χ0) is 43.9. The van der Waals surface area contributed by atoms with Crippen LogP contribution in [-0.2, 0) is 38.3 Å². The summed E-state index contributed by atoms with van der Waals surface area (Å²) in [5, 5.41) is 30.7. The van der Waals surface area contributed by atoms with Gasteiger partial charge in [-0.3, -0.25) is 9.35 Å². The molecule has 1 saturated heterocycles. The maximum atomic E-state index is 12.8. The number of unbranched alkanes of at least 4 members (excludes halogenated alkanes) is 16. The van der Waals surface area contributed by atoms with Crippen LogP contribution in [0.4, 0.5) is 0 Å². The molecule has 6 atom stereocenters. The number of carbonyl (C=O) groups excluding carboxylic acids is 1. The van der Waals surface area contributed by atoms with Gasteiger partial charge in [0, 0.05) is 13.0 Å². The summed E-state index contributed by atoms with van der Waals surface area (Å²) in [6, 6.07) is 0. The molecule has 0 aromatic carbocycles. The molecule has 60 heavy (non-hydrogen) atoms. The summed E-state index contributed by atoms with van der Waals surface area (Å²) in [6.45, 7) is 3.81. The molecule has 4 N–H and O–H groups in total. The average Bonchev–Trinajstić information content (AvgIpc) is 3.22. The van der Waals surface area contributed by atoms with Gasteiger partial charge in [0.05, 0.1) is 19.8 Å². The fourth-order valence-electron chi connectivity index (χ4n) is 6.66. The van der Waals surface area contributed by atoms with Crippen molar-refractivity contribution in [2.45, 2.75) is 205 Å². The number of ether oxygens (including phenoxy) is 4. The minimum Gasteiger partial charge on any atom is -0.457 e. The van der Waals surface area contributed by atoms with Crippen molar-refractivity contribution in [3.8, 4) is 0 Å². The molecule has 0 aliphatic carbocycles. The van der Waals surface area contributed by atoms with E-state index in [-0.39, 0.29) is 19.6 Å². The van der Waals surface area contributed by atoms with Crippen LogP contribution in [0.5, 0.6) is 0 Å². The van der Waals surface area contributed by atoms with Crippen LogP contribution >= 0.6 is 0 Å². The Morgan fingerprint density at radius 2 is 1.15 bits per heavy atom. The topological polar surface area (TPSA) is 178 Å². The van der Waals surface area contributed by atoms with Crippen LogP contribution < -0.4 is 0 Å². The molecule has 1 rings (SSSR count). The van der Waals surface area contributed by atoms with E-state index < -0.39 is 59.8 Å². The molecule has 12 nitrogen and oxygen atoms in total. The van der Waals surface area contributed by atoms with Crippen LogP contribution in [0.25, 0.3) is 0 Å². The fourth-order valence-corrected chi connectivity index (χ4v) is 7.17. The highest BCUT2D eigenvalue weighted by atomic mass is 32.3. The van der Waals surface area contributed by atoms with Crippen LogP contribution in [0.1, 0.15) is 168 Å². The van der Waals surface area contributed by atoms with Crippen molar-refractivity contribution in [1.29, 1.82) is 0 Å². The Hall–Kier alpha value is -2.20. The van der Waals surface area contributed by atoms with Gasteiger partial charge in [0.25, 0.3) is 0 Å². The van der Waals surface area contributed by atoms with Gasteiger partial charge in [0.1, 0.15) is 30.5 Å². The molecule has 0 saturated carbocycles. The van der Waals surface area contributed by atoms with E-state index in [0.29, 0.717) is 13.0 Å². The molecule has 13 heteroatoms. The first-order valence-corrected chi connectivity index (χ1v) is 24.4. The van der Waals surface area contributed by atoms with E-state index in [1.165, 1.54) is 51.4 Å². The van der Waals surface area contributed by atoms with Crippen LogP contribution in [0.15, 0.2) is 60.8 Å². The highest BCUT2D eigenvalue weighted by Gasteiger charge is 2.48. The maximum absolute atomic E-state index is 12.8. The van der Waals surface area contributed by atoms with Crippen molar-refractivity contribution in [2.24, 2.45) is 0 Å². The van der Waals surface area contributed by atoms with Gasteiger partial charge in [0.15, 0.2) is 6.29 Å². The van der Waals surface area contributed by atoms with E-state index >= 15 is 0 Å². The molecule has 1 aliphatic heterocycles. The Balaban J connectivity index is 2.43. The lowest BCUT2D eigenvalue weighted by Gasteiger charge is -2.41. The van der Waals surface area contributed by atoms with E-state index in [2.05, 4.69) is 78.8 Å². The second kappa shape index (κ2) is 38.5. The third kappa shape index (κ3) is 31.6. The Bertz CT molecular complexity index is 1280. The lowest BCUT2D eigenvalue weighted by molar-refractivity contribution is -0.301. The van der Waals surface area contributed by atoms with E-state index in [4.69, 9.17) is 23.5 Å². The zero-order valence-electron chi connectivity index (χ0n) is 37.0. The van der Waals surface area contributed by atoms with Gasteiger partial charge in [-0.2, -0.15) is 8.42 Å². The molecule has 348 valence electrons. The molecule has 0 bridgehead atoms. The van der Waals surface area contributed by atoms with Gasteiger partial charge in [-0.1, -0.05) is 145 Å². The molecule has 1 aliphatic rings. The number of esters is 1. The molecule has 0 aromatic rings. The van der Waals surface area contributed by atoms with Crippen LogP contribution in [0.2, 0.25) is 0 Å². The number of hydrogen-bond donors (Lipinski definition) is 4. The molecule has 0 aromatic heterocycles. The standard InChI is InChI=1S/C47H82O12S/c1-3-5-7-9-11-13-15-17-19-20-21-23-25-27-29-31-33-35-37-55-39-41(40-56-47-45(51)46(59-60(52,53)54)44(50)42(38-48)58-47)57-43(49)36-34-32-30-28-26-24-22-18-16-14-12-10-8-6-4-2/h5,7,11-14,17-19,22,41-42,44-48,50-51H,3-4,6,8-10,15-16,20-21,23-40H2,1-2H3,(H,52,53,54)/b7-5-,13-11-,14-12-,19-17-,22-18-. The molecular formula is C47H82O12S. The van der Waals surface area contributed by atoms with E-state index in [1.807, 2.05) is 0 Å². The number of aliphatic hydroxyl groups excluding tert-OH is 3. The van der Waals surface area contributed by atoms with Gasteiger partial charge in [0.2, 0.25) is 0 Å². The second-order valence-electron chi connectivity index (χ2n) is 15.6. The lowest BCUT2D eigenvalue weighted by Crippen LogP contribution is -2.60. The highest BCUT2D eigenvalue weighted by Crippen LogP contribution is 2.26. The van der Waals surface area contributed by atoms with Crippen molar-refractivity contribution in [3.05, 3.63) is 60.8 Å². The Labute approximate surface area is 363 Å². The van der Waals surface area contributed by atoms with Crippen molar-refractivity contribution in [3.63, 3.8) is 0 Å². The summed E-state index contributed by atoms with van der Waals surface area (Å²) in [5.41, 5.74) is 0. The Morgan fingerprint density at radius 1 is 0.650 bits per heavy atom. The monoisotopic (exact) mass is 871 g/mol. The number of carbonyl (C=O) groups is 1. The Kier molecular flexibility index (Phi) is 35.8. The number of hydrogen-bond acceptors (Lipinski definition) is 11. The minimum absolute atomic E-state index is 0.0226. The largest absolute Gasteiger partial charge is 0.457 e. The summed E-state index contributed by atoms with van der Waals surface area (Å²) >= 11 is 0. The number of rotatable bonds is 39. The normalized spacial score (nSPS) is 20.8. The van der Waals surface area contributed by atoms with Gasteiger partial charge < -0.3 is 34.3 Å².